The van der Waals surface area contributed by atoms with Crippen molar-refractivity contribution in [2.45, 2.75) is 38.6 Å². The third-order valence-electron chi connectivity index (χ3n) is 5.24. The largest absolute Gasteiger partial charge is 0.445 e. The minimum atomic E-state index is -0.642. The van der Waals surface area contributed by atoms with Crippen LogP contribution in [0.25, 0.3) is 0 Å². The Morgan fingerprint density at radius 3 is 2.67 bits per heavy atom. The van der Waals surface area contributed by atoms with E-state index < -0.39 is 18.0 Å². The molecule has 0 radical (unpaired) electrons. The van der Waals surface area contributed by atoms with Crippen LogP contribution in [0.1, 0.15) is 39.9 Å². The molecule has 8 heteroatoms. The van der Waals surface area contributed by atoms with Crippen LogP contribution in [0.3, 0.4) is 0 Å². The molecule has 0 saturated carbocycles. The van der Waals surface area contributed by atoms with Gasteiger partial charge in [0.25, 0.3) is 5.91 Å². The van der Waals surface area contributed by atoms with Crippen molar-refractivity contribution >= 4 is 23.8 Å². The molecule has 1 atom stereocenters. The van der Waals surface area contributed by atoms with Crippen molar-refractivity contribution in [3.8, 4) is 0 Å². The van der Waals surface area contributed by atoms with Crippen LogP contribution < -0.4 is 10.6 Å². The lowest BCUT2D eigenvalue weighted by molar-refractivity contribution is -0.136. The molecule has 4 amide bonds. The van der Waals surface area contributed by atoms with Crippen LogP contribution in [0, 0.1) is 0 Å². The standard InChI is InChI=1S/C22H21N3O5/c26-19-9-8-18(20(27)24-19)25-12-16-7-6-15(10-17(16)21(25)28)11-23-22(29)30-13-14-4-2-1-3-5-14/h1-7,10,18H,8-9,11-13H2,(H,23,29)(H,24,26,27). The first-order chi connectivity index (χ1) is 14.5. The molecule has 2 aliphatic rings. The smallest absolute Gasteiger partial charge is 0.407 e. The lowest BCUT2D eigenvalue weighted by Gasteiger charge is -2.29. The molecule has 2 aliphatic heterocycles. The first kappa shape index (κ1) is 19.6. The second-order valence-corrected chi connectivity index (χ2v) is 7.31. The van der Waals surface area contributed by atoms with Gasteiger partial charge in [0, 0.05) is 25.1 Å². The average molecular weight is 407 g/mol. The Labute approximate surface area is 173 Å². The fraction of sp³-hybridized carbons (Fsp3) is 0.273. The molecule has 4 rings (SSSR count). The lowest BCUT2D eigenvalue weighted by atomic mass is 10.0. The molecular formula is C22H21N3O5. The van der Waals surface area contributed by atoms with Crippen LogP contribution in [-0.2, 0) is 34.0 Å². The summed E-state index contributed by atoms with van der Waals surface area (Å²) < 4.78 is 5.18. The topological polar surface area (TPSA) is 105 Å². The summed E-state index contributed by atoms with van der Waals surface area (Å²) in [5.41, 5.74) is 2.98. The zero-order valence-corrected chi connectivity index (χ0v) is 16.2. The zero-order valence-electron chi connectivity index (χ0n) is 16.2. The summed E-state index contributed by atoms with van der Waals surface area (Å²) in [6.45, 7) is 0.718. The van der Waals surface area contributed by atoms with E-state index in [1.54, 1.807) is 6.07 Å². The number of nitrogens with zero attached hydrogens (tertiary/aromatic N) is 1. The van der Waals surface area contributed by atoms with Crippen molar-refractivity contribution < 1.29 is 23.9 Å². The normalized spacial score (nSPS) is 18.1. The molecule has 154 valence electrons. The van der Waals surface area contributed by atoms with Crippen molar-refractivity contribution in [1.82, 2.24) is 15.5 Å². The summed E-state index contributed by atoms with van der Waals surface area (Å²) in [6, 6.07) is 14.1. The van der Waals surface area contributed by atoms with Crippen molar-refractivity contribution in [3.05, 3.63) is 70.8 Å². The fourth-order valence-corrected chi connectivity index (χ4v) is 3.66. The van der Waals surface area contributed by atoms with Crippen LogP contribution >= 0.6 is 0 Å². The highest BCUT2D eigenvalue weighted by molar-refractivity contribution is 6.05. The van der Waals surface area contributed by atoms with Gasteiger partial charge in [-0.15, -0.1) is 0 Å². The number of ether oxygens (including phenoxy) is 1. The van der Waals surface area contributed by atoms with E-state index in [1.165, 1.54) is 4.90 Å². The van der Waals surface area contributed by atoms with Crippen LogP contribution in [0.2, 0.25) is 0 Å². The summed E-state index contributed by atoms with van der Waals surface area (Å²) in [7, 11) is 0. The number of nitrogens with one attached hydrogen (secondary N) is 2. The third kappa shape index (κ3) is 4.17. The van der Waals surface area contributed by atoms with Crippen molar-refractivity contribution in [3.63, 3.8) is 0 Å². The molecule has 1 unspecified atom stereocenters. The first-order valence-electron chi connectivity index (χ1n) is 9.72. The number of hydrogen-bond donors (Lipinski definition) is 2. The number of hydrogen-bond acceptors (Lipinski definition) is 5. The maximum absolute atomic E-state index is 12.8. The number of alkyl carbamates (subject to hydrolysis) is 1. The number of carbonyl (C=O) groups is 4. The van der Waals surface area contributed by atoms with Gasteiger partial charge < -0.3 is 15.0 Å². The average Bonchev–Trinajstić information content (AvgIpc) is 3.07. The Bertz CT molecular complexity index is 1010. The van der Waals surface area contributed by atoms with Gasteiger partial charge >= 0.3 is 6.09 Å². The molecule has 0 aliphatic carbocycles. The van der Waals surface area contributed by atoms with E-state index >= 15 is 0 Å². The van der Waals surface area contributed by atoms with Gasteiger partial charge in [0.05, 0.1) is 0 Å². The Morgan fingerprint density at radius 2 is 1.90 bits per heavy atom. The third-order valence-corrected chi connectivity index (χ3v) is 5.24. The molecule has 0 aromatic heterocycles. The van der Waals surface area contributed by atoms with E-state index in [0.717, 1.165) is 16.7 Å². The van der Waals surface area contributed by atoms with Crippen LogP contribution in [0.4, 0.5) is 4.79 Å². The molecule has 2 aromatic carbocycles. The number of imide groups is 1. The number of fused-ring (bicyclic) bond motifs is 1. The van der Waals surface area contributed by atoms with Gasteiger partial charge in [-0.1, -0.05) is 42.5 Å². The first-order valence-corrected chi connectivity index (χ1v) is 9.72. The molecule has 8 nitrogen and oxygen atoms in total. The Balaban J connectivity index is 1.34. The number of piperidine rings is 1. The number of rotatable bonds is 5. The molecule has 30 heavy (non-hydrogen) atoms. The van der Waals surface area contributed by atoms with Crippen molar-refractivity contribution in [1.29, 1.82) is 0 Å². The van der Waals surface area contributed by atoms with Gasteiger partial charge in [0.2, 0.25) is 11.8 Å². The minimum absolute atomic E-state index is 0.177. The van der Waals surface area contributed by atoms with Gasteiger partial charge in [0.1, 0.15) is 12.6 Å². The number of carbonyl (C=O) groups excluding carboxylic acids is 4. The highest BCUT2D eigenvalue weighted by Crippen LogP contribution is 2.28. The Kier molecular flexibility index (Phi) is 5.47. The highest BCUT2D eigenvalue weighted by Gasteiger charge is 2.39. The summed E-state index contributed by atoms with van der Waals surface area (Å²) in [5.74, 6) is -0.989. The molecule has 2 aromatic rings. The molecular weight excluding hydrogens is 386 g/mol. The van der Waals surface area contributed by atoms with E-state index in [4.69, 9.17) is 4.74 Å². The SMILES string of the molecule is O=C1CCC(N2Cc3ccc(CNC(=O)OCc4ccccc4)cc3C2=O)C(=O)N1. The van der Waals surface area contributed by atoms with E-state index in [1.807, 2.05) is 42.5 Å². The van der Waals surface area contributed by atoms with Crippen molar-refractivity contribution in [2.24, 2.45) is 0 Å². The molecule has 2 heterocycles. The molecule has 0 bridgehead atoms. The van der Waals surface area contributed by atoms with Gasteiger partial charge in [-0.2, -0.15) is 0 Å². The van der Waals surface area contributed by atoms with Gasteiger partial charge in [-0.05, 0) is 29.2 Å². The van der Waals surface area contributed by atoms with E-state index in [0.29, 0.717) is 18.5 Å². The van der Waals surface area contributed by atoms with E-state index in [2.05, 4.69) is 10.6 Å². The monoisotopic (exact) mass is 407 g/mol. The second kappa shape index (κ2) is 8.36. The Hall–Kier alpha value is -3.68. The minimum Gasteiger partial charge on any atom is -0.445 e. The Morgan fingerprint density at radius 1 is 1.10 bits per heavy atom. The predicted octanol–water partition coefficient (Wildman–Crippen LogP) is 1.87. The predicted molar refractivity (Wildman–Crippen MR) is 106 cm³/mol. The summed E-state index contributed by atoms with van der Waals surface area (Å²) in [4.78, 5) is 49.7. The van der Waals surface area contributed by atoms with Crippen LogP contribution in [0.15, 0.2) is 48.5 Å². The maximum atomic E-state index is 12.8. The summed E-state index contributed by atoms with van der Waals surface area (Å²) in [6.07, 6.45) is -0.00101. The zero-order chi connectivity index (χ0) is 21.1. The summed E-state index contributed by atoms with van der Waals surface area (Å²) >= 11 is 0. The van der Waals surface area contributed by atoms with Crippen molar-refractivity contribution in [2.75, 3.05) is 0 Å². The molecule has 1 saturated heterocycles. The van der Waals surface area contributed by atoms with Gasteiger partial charge in [-0.25, -0.2) is 4.79 Å². The fourth-order valence-electron chi connectivity index (χ4n) is 3.66. The van der Waals surface area contributed by atoms with Crippen LogP contribution in [-0.4, -0.2) is 34.8 Å². The number of amides is 4. The molecule has 1 fully saturated rings. The lowest BCUT2D eigenvalue weighted by Crippen LogP contribution is -2.52. The highest BCUT2D eigenvalue weighted by atomic mass is 16.5. The quantitative estimate of drug-likeness (QED) is 0.737. The van der Waals surface area contributed by atoms with Gasteiger partial charge in [0.15, 0.2) is 0 Å². The van der Waals surface area contributed by atoms with E-state index in [9.17, 15) is 19.2 Å². The second-order valence-electron chi connectivity index (χ2n) is 7.31. The maximum Gasteiger partial charge on any atom is 0.407 e. The van der Waals surface area contributed by atoms with Crippen LogP contribution in [0.5, 0.6) is 0 Å². The molecule has 2 N–H and O–H groups in total. The summed E-state index contributed by atoms with van der Waals surface area (Å²) in [5, 5.41) is 4.96. The van der Waals surface area contributed by atoms with E-state index in [-0.39, 0.29) is 31.4 Å². The number of benzene rings is 2. The molecule has 0 spiro atoms. The van der Waals surface area contributed by atoms with Gasteiger partial charge in [-0.3, -0.25) is 19.7 Å².